The summed E-state index contributed by atoms with van der Waals surface area (Å²) in [6.07, 6.45) is 0. The maximum atomic E-state index is 12.0. The zero-order chi connectivity index (χ0) is 17.5. The molecule has 4 heteroatoms. The van der Waals surface area contributed by atoms with Gasteiger partial charge < -0.3 is 14.8 Å². The van der Waals surface area contributed by atoms with Crippen molar-refractivity contribution in [1.82, 2.24) is 5.32 Å². The highest BCUT2D eigenvalue weighted by Crippen LogP contribution is 2.20. The van der Waals surface area contributed by atoms with Crippen LogP contribution >= 0.6 is 0 Å². The summed E-state index contributed by atoms with van der Waals surface area (Å²) in [6.45, 7) is 8.36. The van der Waals surface area contributed by atoms with Gasteiger partial charge in [0.05, 0.1) is 6.04 Å². The van der Waals surface area contributed by atoms with Gasteiger partial charge in [0.2, 0.25) is 0 Å². The fourth-order valence-corrected chi connectivity index (χ4v) is 2.24. The van der Waals surface area contributed by atoms with Crippen LogP contribution in [0.4, 0.5) is 0 Å². The van der Waals surface area contributed by atoms with Crippen LogP contribution < -0.4 is 14.8 Å². The van der Waals surface area contributed by atoms with Crippen LogP contribution in [0.5, 0.6) is 11.5 Å². The highest BCUT2D eigenvalue weighted by Gasteiger charge is 2.10. The van der Waals surface area contributed by atoms with Crippen molar-refractivity contribution >= 4 is 5.91 Å². The van der Waals surface area contributed by atoms with Gasteiger partial charge in [-0.15, -0.1) is 0 Å². The number of nitrogens with one attached hydrogen (secondary N) is 1. The first kappa shape index (κ1) is 17.9. The lowest BCUT2D eigenvalue weighted by Gasteiger charge is -2.16. The molecule has 4 nitrogen and oxygen atoms in total. The van der Waals surface area contributed by atoms with E-state index in [1.54, 1.807) is 0 Å². The van der Waals surface area contributed by atoms with Gasteiger partial charge in [0.25, 0.3) is 5.91 Å². The molecule has 2 aromatic carbocycles. The molecule has 0 fully saturated rings. The van der Waals surface area contributed by atoms with Crippen LogP contribution in [0.15, 0.2) is 42.5 Å². The number of amides is 1. The second kappa shape index (κ2) is 8.39. The highest BCUT2D eigenvalue weighted by molar-refractivity contribution is 5.77. The lowest BCUT2D eigenvalue weighted by molar-refractivity contribution is -0.123. The van der Waals surface area contributed by atoms with Gasteiger partial charge in [-0.2, -0.15) is 0 Å². The highest BCUT2D eigenvalue weighted by atomic mass is 16.5. The van der Waals surface area contributed by atoms with E-state index in [1.807, 2.05) is 70.2 Å². The molecule has 0 aliphatic heterocycles. The van der Waals surface area contributed by atoms with Crippen LogP contribution in [-0.4, -0.2) is 25.2 Å². The molecule has 2 aromatic rings. The van der Waals surface area contributed by atoms with Crippen molar-refractivity contribution < 1.29 is 14.3 Å². The van der Waals surface area contributed by atoms with Crippen molar-refractivity contribution in [1.29, 1.82) is 0 Å². The average molecular weight is 327 g/mol. The zero-order valence-corrected chi connectivity index (χ0v) is 14.8. The fraction of sp³-hybridized carbons (Fsp3) is 0.350. The smallest absolute Gasteiger partial charge is 0.258 e. The molecule has 0 aliphatic carbocycles. The van der Waals surface area contributed by atoms with Crippen LogP contribution in [-0.2, 0) is 4.79 Å². The van der Waals surface area contributed by atoms with Crippen LogP contribution in [0.1, 0.15) is 23.6 Å². The first-order valence-corrected chi connectivity index (χ1v) is 8.13. The minimum absolute atomic E-state index is 0.000828. The number of hydrogen-bond donors (Lipinski definition) is 1. The molecule has 1 amide bonds. The molecule has 0 spiro atoms. The molecule has 1 unspecified atom stereocenters. The lowest BCUT2D eigenvalue weighted by atomic mass is 10.1. The molecule has 0 heterocycles. The molecule has 24 heavy (non-hydrogen) atoms. The van der Waals surface area contributed by atoms with Gasteiger partial charge in [-0.05, 0) is 57.0 Å². The molecule has 0 radical (unpaired) electrons. The summed E-state index contributed by atoms with van der Waals surface area (Å²) < 4.78 is 11.3. The van der Waals surface area contributed by atoms with E-state index >= 15 is 0 Å². The van der Waals surface area contributed by atoms with Crippen molar-refractivity contribution in [3.05, 3.63) is 59.2 Å². The van der Waals surface area contributed by atoms with E-state index in [0.717, 1.165) is 22.6 Å². The Morgan fingerprint density at radius 1 is 1.04 bits per heavy atom. The van der Waals surface area contributed by atoms with Gasteiger partial charge in [-0.25, -0.2) is 0 Å². The number of carbonyl (C=O) groups excluding carboxylic acids is 1. The summed E-state index contributed by atoms with van der Waals surface area (Å²) in [6, 6.07) is 13.6. The molecule has 0 saturated heterocycles. The normalized spacial score (nSPS) is 11.7. The Hall–Kier alpha value is -2.49. The van der Waals surface area contributed by atoms with Crippen LogP contribution in [0, 0.1) is 20.8 Å². The predicted octanol–water partition coefficient (Wildman–Crippen LogP) is 3.57. The monoisotopic (exact) mass is 327 g/mol. The van der Waals surface area contributed by atoms with Gasteiger partial charge in [0.1, 0.15) is 18.1 Å². The lowest BCUT2D eigenvalue weighted by Crippen LogP contribution is -2.39. The first-order valence-electron chi connectivity index (χ1n) is 8.13. The number of hydrogen-bond acceptors (Lipinski definition) is 3. The minimum Gasteiger partial charge on any atom is -0.491 e. The van der Waals surface area contributed by atoms with E-state index in [0.29, 0.717) is 6.61 Å². The zero-order valence-electron chi connectivity index (χ0n) is 14.8. The van der Waals surface area contributed by atoms with Gasteiger partial charge in [0, 0.05) is 0 Å². The number of carbonyl (C=O) groups is 1. The average Bonchev–Trinajstić information content (AvgIpc) is 2.56. The van der Waals surface area contributed by atoms with E-state index in [-0.39, 0.29) is 18.6 Å². The Kier molecular flexibility index (Phi) is 6.24. The number of aryl methyl sites for hydroxylation is 2. The SMILES string of the molecule is Cc1ccc(OCC(C)NC(=O)COc2cccc(C)c2C)cc1. The van der Waals surface area contributed by atoms with Crippen molar-refractivity contribution in [2.45, 2.75) is 33.7 Å². The summed E-state index contributed by atoms with van der Waals surface area (Å²) in [5.41, 5.74) is 3.39. The Morgan fingerprint density at radius 3 is 2.46 bits per heavy atom. The third-order valence-electron chi connectivity index (χ3n) is 3.84. The topological polar surface area (TPSA) is 47.6 Å². The maximum absolute atomic E-state index is 12.0. The molecule has 0 saturated carbocycles. The van der Waals surface area contributed by atoms with Crippen molar-refractivity contribution in [3.63, 3.8) is 0 Å². The first-order chi connectivity index (χ1) is 11.5. The molecular formula is C20H25NO3. The summed E-state index contributed by atoms with van der Waals surface area (Å²) in [5, 5.41) is 2.88. The molecule has 1 N–H and O–H groups in total. The maximum Gasteiger partial charge on any atom is 0.258 e. The van der Waals surface area contributed by atoms with Gasteiger partial charge in [0.15, 0.2) is 6.61 Å². The Labute approximate surface area is 143 Å². The van der Waals surface area contributed by atoms with Crippen LogP contribution in [0.2, 0.25) is 0 Å². The third-order valence-corrected chi connectivity index (χ3v) is 3.84. The van der Waals surface area contributed by atoms with E-state index in [1.165, 1.54) is 5.56 Å². The summed E-state index contributed by atoms with van der Waals surface area (Å²) >= 11 is 0. The fourth-order valence-electron chi connectivity index (χ4n) is 2.24. The quantitative estimate of drug-likeness (QED) is 0.845. The predicted molar refractivity (Wildman–Crippen MR) is 95.7 cm³/mol. The number of benzene rings is 2. The van der Waals surface area contributed by atoms with Gasteiger partial charge in [-0.1, -0.05) is 29.8 Å². The third kappa shape index (κ3) is 5.30. The standard InChI is InChI=1S/C20H25NO3/c1-14-8-10-18(11-9-14)23-12-16(3)21-20(22)13-24-19-7-5-6-15(2)17(19)4/h5-11,16H,12-13H2,1-4H3,(H,21,22). The molecule has 0 aromatic heterocycles. The Bertz CT molecular complexity index is 680. The Morgan fingerprint density at radius 2 is 1.75 bits per heavy atom. The van der Waals surface area contributed by atoms with Crippen molar-refractivity contribution in [2.75, 3.05) is 13.2 Å². The molecule has 2 rings (SSSR count). The van der Waals surface area contributed by atoms with Crippen LogP contribution in [0.25, 0.3) is 0 Å². The number of ether oxygens (including phenoxy) is 2. The molecule has 0 aliphatic rings. The van der Waals surface area contributed by atoms with Crippen molar-refractivity contribution in [2.24, 2.45) is 0 Å². The van der Waals surface area contributed by atoms with E-state index in [2.05, 4.69) is 5.32 Å². The number of rotatable bonds is 7. The van der Waals surface area contributed by atoms with Crippen molar-refractivity contribution in [3.8, 4) is 11.5 Å². The molecule has 1 atom stereocenters. The summed E-state index contributed by atoms with van der Waals surface area (Å²) in [5.74, 6) is 1.39. The molecular weight excluding hydrogens is 302 g/mol. The van der Waals surface area contributed by atoms with Gasteiger partial charge >= 0.3 is 0 Å². The minimum atomic E-state index is -0.157. The second-order valence-electron chi connectivity index (χ2n) is 6.08. The summed E-state index contributed by atoms with van der Waals surface area (Å²) in [4.78, 5) is 12.0. The second-order valence-corrected chi connectivity index (χ2v) is 6.08. The Balaban J connectivity index is 1.75. The van der Waals surface area contributed by atoms with E-state index in [9.17, 15) is 4.79 Å². The van der Waals surface area contributed by atoms with E-state index in [4.69, 9.17) is 9.47 Å². The van der Waals surface area contributed by atoms with Crippen LogP contribution in [0.3, 0.4) is 0 Å². The molecule has 0 bridgehead atoms. The van der Waals surface area contributed by atoms with Gasteiger partial charge in [-0.3, -0.25) is 4.79 Å². The summed E-state index contributed by atoms with van der Waals surface area (Å²) in [7, 11) is 0. The van der Waals surface area contributed by atoms with E-state index < -0.39 is 0 Å². The largest absolute Gasteiger partial charge is 0.491 e. The molecule has 128 valence electrons.